The van der Waals surface area contributed by atoms with E-state index in [-0.39, 0.29) is 0 Å². The lowest BCUT2D eigenvalue weighted by Gasteiger charge is -2.06. The molecule has 1 atom stereocenters. The molecular weight excluding hydrogens is 280 g/mol. The van der Waals surface area contributed by atoms with E-state index in [0.29, 0.717) is 5.75 Å². The summed E-state index contributed by atoms with van der Waals surface area (Å²) in [5.74, 6) is 0.411. The monoisotopic (exact) mass is 296 g/mol. The van der Waals surface area contributed by atoms with E-state index in [1.807, 2.05) is 55.5 Å². The van der Waals surface area contributed by atoms with Gasteiger partial charge in [-0.05, 0) is 42.8 Å². The first-order chi connectivity index (χ1) is 10.1. The molecule has 2 aromatic carbocycles. The quantitative estimate of drug-likeness (QED) is 0.753. The smallest absolute Gasteiger partial charge is 0.0705 e. The molecule has 106 valence electrons. The maximum absolute atomic E-state index is 12.4. The summed E-state index contributed by atoms with van der Waals surface area (Å²) >= 11 is 0. The Morgan fingerprint density at radius 2 is 1.90 bits per heavy atom. The van der Waals surface area contributed by atoms with Crippen LogP contribution in [-0.4, -0.2) is 9.19 Å². The van der Waals surface area contributed by atoms with Crippen LogP contribution in [0.2, 0.25) is 0 Å². The number of anilines is 1. The van der Waals surface area contributed by atoms with E-state index in [9.17, 15) is 4.21 Å². The number of hydrogen-bond acceptors (Lipinski definition) is 3. The molecule has 1 unspecified atom stereocenters. The molecular formula is C17H16N2OS. The summed E-state index contributed by atoms with van der Waals surface area (Å²) in [5, 5.41) is 1.09. The van der Waals surface area contributed by atoms with Crippen LogP contribution in [0.1, 0.15) is 11.3 Å². The summed E-state index contributed by atoms with van der Waals surface area (Å²) in [4.78, 5) is 5.35. The molecule has 0 spiro atoms. The summed E-state index contributed by atoms with van der Waals surface area (Å²) in [6.45, 7) is 1.92. The maximum Gasteiger partial charge on any atom is 0.0705 e. The number of nitrogens with zero attached hydrogens (tertiary/aromatic N) is 1. The summed E-state index contributed by atoms with van der Waals surface area (Å²) in [6.07, 6.45) is 0. The second-order valence-electron chi connectivity index (χ2n) is 5.00. The number of pyridine rings is 1. The van der Waals surface area contributed by atoms with E-state index in [1.165, 1.54) is 0 Å². The van der Waals surface area contributed by atoms with Crippen LogP contribution in [0.15, 0.2) is 59.5 Å². The van der Waals surface area contributed by atoms with Crippen molar-refractivity contribution in [1.29, 1.82) is 0 Å². The standard InChI is InChI=1S/C17H16N2OS/c1-12-10-15(8-9-16(12)18)21(20)11-14-7-6-13-4-2-3-5-17(13)19-14/h2-10H,11,18H2,1H3. The van der Waals surface area contributed by atoms with E-state index in [0.717, 1.165) is 32.7 Å². The highest BCUT2D eigenvalue weighted by atomic mass is 32.2. The number of hydrogen-bond donors (Lipinski definition) is 1. The molecule has 3 aromatic rings. The average Bonchev–Trinajstić information content (AvgIpc) is 2.50. The van der Waals surface area contributed by atoms with Crippen molar-refractivity contribution in [3.05, 3.63) is 65.9 Å². The topological polar surface area (TPSA) is 56.0 Å². The highest BCUT2D eigenvalue weighted by Gasteiger charge is 2.08. The van der Waals surface area contributed by atoms with Crippen LogP contribution < -0.4 is 5.73 Å². The molecule has 0 aliphatic carbocycles. The van der Waals surface area contributed by atoms with Gasteiger partial charge in [0.05, 0.1) is 27.8 Å². The highest BCUT2D eigenvalue weighted by Crippen LogP contribution is 2.19. The highest BCUT2D eigenvalue weighted by molar-refractivity contribution is 7.84. The molecule has 0 fully saturated rings. The number of aryl methyl sites for hydroxylation is 1. The van der Waals surface area contributed by atoms with Gasteiger partial charge in [-0.15, -0.1) is 0 Å². The first kappa shape index (κ1) is 13.8. The van der Waals surface area contributed by atoms with Crippen molar-refractivity contribution in [2.75, 3.05) is 5.73 Å². The van der Waals surface area contributed by atoms with Gasteiger partial charge in [0, 0.05) is 16.0 Å². The Kier molecular flexibility index (Phi) is 3.71. The molecule has 1 aromatic heterocycles. The van der Waals surface area contributed by atoms with E-state index >= 15 is 0 Å². The van der Waals surface area contributed by atoms with Gasteiger partial charge in [0.15, 0.2) is 0 Å². The second-order valence-corrected chi connectivity index (χ2v) is 6.45. The van der Waals surface area contributed by atoms with Gasteiger partial charge >= 0.3 is 0 Å². The maximum atomic E-state index is 12.4. The lowest BCUT2D eigenvalue weighted by Crippen LogP contribution is -2.00. The minimum Gasteiger partial charge on any atom is -0.399 e. The van der Waals surface area contributed by atoms with E-state index < -0.39 is 10.8 Å². The van der Waals surface area contributed by atoms with Crippen LogP contribution in [0.25, 0.3) is 10.9 Å². The summed E-state index contributed by atoms with van der Waals surface area (Å²) in [5.41, 5.74) is 9.23. The minimum absolute atomic E-state index is 0.411. The Morgan fingerprint density at radius 1 is 1.10 bits per heavy atom. The van der Waals surface area contributed by atoms with E-state index in [4.69, 9.17) is 5.73 Å². The fourth-order valence-corrected chi connectivity index (χ4v) is 3.32. The van der Waals surface area contributed by atoms with Crippen LogP contribution in [-0.2, 0) is 16.6 Å². The molecule has 2 N–H and O–H groups in total. The number of aromatic nitrogens is 1. The molecule has 1 heterocycles. The van der Waals surface area contributed by atoms with Gasteiger partial charge in [-0.1, -0.05) is 24.3 Å². The van der Waals surface area contributed by atoms with Crippen molar-refractivity contribution in [3.63, 3.8) is 0 Å². The van der Waals surface area contributed by atoms with Gasteiger partial charge < -0.3 is 5.73 Å². The summed E-state index contributed by atoms with van der Waals surface area (Å²) in [7, 11) is -1.11. The Bertz CT molecular complexity index is 830. The SMILES string of the molecule is Cc1cc(S(=O)Cc2ccc3ccccc3n2)ccc1N. The molecule has 0 amide bonds. The number of nitrogens with two attached hydrogens (primary N) is 1. The first-order valence-electron chi connectivity index (χ1n) is 6.72. The third kappa shape index (κ3) is 2.95. The van der Waals surface area contributed by atoms with Gasteiger partial charge in [-0.2, -0.15) is 0 Å². The zero-order valence-corrected chi connectivity index (χ0v) is 12.6. The largest absolute Gasteiger partial charge is 0.399 e. The molecule has 4 heteroatoms. The van der Waals surface area contributed by atoms with Crippen molar-refractivity contribution in [2.45, 2.75) is 17.6 Å². The summed E-state index contributed by atoms with van der Waals surface area (Å²) in [6, 6.07) is 17.4. The number of fused-ring (bicyclic) bond motifs is 1. The van der Waals surface area contributed by atoms with Crippen LogP contribution in [0, 0.1) is 6.92 Å². The third-order valence-electron chi connectivity index (χ3n) is 3.44. The van der Waals surface area contributed by atoms with Crippen molar-refractivity contribution < 1.29 is 4.21 Å². The van der Waals surface area contributed by atoms with Gasteiger partial charge in [0.2, 0.25) is 0 Å². The molecule has 0 aliphatic heterocycles. The van der Waals surface area contributed by atoms with Gasteiger partial charge in [0.25, 0.3) is 0 Å². The number of rotatable bonds is 3. The molecule has 0 aliphatic rings. The number of nitrogen functional groups attached to an aromatic ring is 1. The Labute approximate surface area is 126 Å². The predicted octanol–water partition coefficient (Wildman–Crippen LogP) is 3.43. The Balaban J connectivity index is 1.87. The normalized spacial score (nSPS) is 12.4. The van der Waals surface area contributed by atoms with Crippen molar-refractivity contribution in [3.8, 4) is 0 Å². The molecule has 3 rings (SSSR count). The zero-order chi connectivity index (χ0) is 14.8. The molecule has 21 heavy (non-hydrogen) atoms. The van der Waals surface area contributed by atoms with Crippen molar-refractivity contribution in [2.24, 2.45) is 0 Å². The van der Waals surface area contributed by atoms with Crippen LogP contribution in [0.5, 0.6) is 0 Å². The lowest BCUT2D eigenvalue weighted by atomic mass is 10.2. The number of para-hydroxylation sites is 1. The van der Waals surface area contributed by atoms with Crippen molar-refractivity contribution >= 4 is 27.4 Å². The average molecular weight is 296 g/mol. The Morgan fingerprint density at radius 3 is 2.71 bits per heavy atom. The fourth-order valence-electron chi connectivity index (χ4n) is 2.20. The van der Waals surface area contributed by atoms with Crippen LogP contribution >= 0.6 is 0 Å². The Hall–Kier alpha value is -2.20. The minimum atomic E-state index is -1.11. The lowest BCUT2D eigenvalue weighted by molar-refractivity contribution is 0.682. The van der Waals surface area contributed by atoms with Gasteiger partial charge in [-0.3, -0.25) is 9.19 Å². The second kappa shape index (κ2) is 5.66. The van der Waals surface area contributed by atoms with Crippen LogP contribution in [0.4, 0.5) is 5.69 Å². The molecule has 0 saturated carbocycles. The number of benzene rings is 2. The fraction of sp³-hybridized carbons (Fsp3) is 0.118. The van der Waals surface area contributed by atoms with Gasteiger partial charge in [0.1, 0.15) is 0 Å². The third-order valence-corrected chi connectivity index (χ3v) is 4.78. The van der Waals surface area contributed by atoms with Crippen LogP contribution in [0.3, 0.4) is 0 Å². The molecule has 3 nitrogen and oxygen atoms in total. The molecule has 0 saturated heterocycles. The predicted molar refractivity (Wildman–Crippen MR) is 87.4 cm³/mol. The van der Waals surface area contributed by atoms with E-state index in [1.54, 1.807) is 6.07 Å². The first-order valence-corrected chi connectivity index (χ1v) is 8.04. The van der Waals surface area contributed by atoms with E-state index in [2.05, 4.69) is 4.98 Å². The van der Waals surface area contributed by atoms with Crippen molar-refractivity contribution in [1.82, 2.24) is 4.98 Å². The zero-order valence-electron chi connectivity index (χ0n) is 11.7. The summed E-state index contributed by atoms with van der Waals surface area (Å²) < 4.78 is 12.4. The van der Waals surface area contributed by atoms with Gasteiger partial charge in [-0.25, -0.2) is 0 Å². The molecule has 0 bridgehead atoms. The molecule has 0 radical (unpaired) electrons.